The molecule has 2 rings (SSSR count). The van der Waals surface area contributed by atoms with Crippen molar-refractivity contribution in [3.8, 4) is 0 Å². The number of primary amides is 1. The summed E-state index contributed by atoms with van der Waals surface area (Å²) in [4.78, 5) is 44.9. The van der Waals surface area contributed by atoms with Gasteiger partial charge in [0.25, 0.3) is 5.69 Å². The van der Waals surface area contributed by atoms with Gasteiger partial charge in [-0.1, -0.05) is 0 Å². The van der Waals surface area contributed by atoms with Gasteiger partial charge in [0.2, 0.25) is 11.8 Å². The van der Waals surface area contributed by atoms with Gasteiger partial charge >= 0.3 is 5.97 Å². The Bertz CT molecular complexity index is 731. The first-order chi connectivity index (χ1) is 12.3. The number of hydrogen-bond acceptors (Lipinski definition) is 6. The van der Waals surface area contributed by atoms with Gasteiger partial charge in [0.05, 0.1) is 21.5 Å². The minimum Gasteiger partial charge on any atom is -0.481 e. The fourth-order valence-corrected chi connectivity index (χ4v) is 3.65. The maximum absolute atomic E-state index is 12.1. The van der Waals surface area contributed by atoms with Crippen LogP contribution in [0.1, 0.15) is 36.0 Å². The molecule has 0 unspecified atom stereocenters. The number of thioether (sulfide) groups is 1. The van der Waals surface area contributed by atoms with E-state index in [-0.39, 0.29) is 39.8 Å². The zero-order chi connectivity index (χ0) is 19.3. The summed E-state index contributed by atoms with van der Waals surface area (Å²) >= 11 is 0.998. The lowest BCUT2D eigenvalue weighted by molar-refractivity contribution is -0.387. The number of amides is 2. The van der Waals surface area contributed by atoms with Crippen molar-refractivity contribution < 1.29 is 24.4 Å². The molecule has 10 heteroatoms. The molecule has 0 radical (unpaired) electrons. The van der Waals surface area contributed by atoms with E-state index in [0.29, 0.717) is 25.7 Å². The van der Waals surface area contributed by atoms with Crippen LogP contribution in [0.2, 0.25) is 0 Å². The zero-order valence-electron chi connectivity index (χ0n) is 13.8. The van der Waals surface area contributed by atoms with Gasteiger partial charge < -0.3 is 16.2 Å². The molecule has 0 aliphatic heterocycles. The molecular formula is C16H19N3O6S. The Kier molecular flexibility index (Phi) is 6.56. The normalized spacial score (nSPS) is 19.5. The SMILES string of the molecule is NC(=O)c1ccc(SCC(=O)NC2CCC(C(=O)O)CC2)c([N+](=O)[O-])c1. The number of carboxylic acids is 1. The molecule has 140 valence electrons. The molecule has 0 bridgehead atoms. The molecule has 2 amide bonds. The van der Waals surface area contributed by atoms with Gasteiger partial charge in [-0.15, -0.1) is 11.8 Å². The van der Waals surface area contributed by atoms with Crippen molar-refractivity contribution in [3.63, 3.8) is 0 Å². The minimum atomic E-state index is -0.808. The van der Waals surface area contributed by atoms with Crippen molar-refractivity contribution in [1.29, 1.82) is 0 Å². The van der Waals surface area contributed by atoms with Crippen molar-refractivity contribution in [2.45, 2.75) is 36.6 Å². The zero-order valence-corrected chi connectivity index (χ0v) is 14.7. The summed E-state index contributed by atoms with van der Waals surface area (Å²) in [6.45, 7) is 0. The first-order valence-electron chi connectivity index (χ1n) is 8.01. The molecule has 1 fully saturated rings. The van der Waals surface area contributed by atoms with Gasteiger partial charge in [-0.05, 0) is 37.8 Å². The highest BCUT2D eigenvalue weighted by Gasteiger charge is 2.27. The molecule has 1 aromatic carbocycles. The molecule has 0 saturated heterocycles. The van der Waals surface area contributed by atoms with Crippen molar-refractivity contribution in [2.24, 2.45) is 11.7 Å². The Hall–Kier alpha value is -2.62. The van der Waals surface area contributed by atoms with Crippen molar-refractivity contribution in [2.75, 3.05) is 5.75 Å². The standard InChI is InChI=1S/C16H19N3O6S/c17-15(21)10-3-6-13(12(7-10)19(24)25)26-8-14(20)18-11-4-1-9(2-5-11)16(22)23/h3,6-7,9,11H,1-2,4-5,8H2,(H2,17,21)(H,18,20)(H,22,23). The first-order valence-corrected chi connectivity index (χ1v) is 8.99. The maximum Gasteiger partial charge on any atom is 0.306 e. The third-order valence-electron chi connectivity index (χ3n) is 4.24. The van der Waals surface area contributed by atoms with Crippen LogP contribution in [0.4, 0.5) is 5.69 Å². The predicted molar refractivity (Wildman–Crippen MR) is 93.9 cm³/mol. The molecule has 0 spiro atoms. The highest BCUT2D eigenvalue weighted by atomic mass is 32.2. The molecule has 0 atom stereocenters. The van der Waals surface area contributed by atoms with E-state index in [2.05, 4.69) is 5.32 Å². The number of nitro benzene ring substituents is 1. The van der Waals surface area contributed by atoms with Gasteiger partial charge in [-0.25, -0.2) is 0 Å². The number of nitrogens with zero attached hydrogens (tertiary/aromatic N) is 1. The molecule has 9 nitrogen and oxygen atoms in total. The van der Waals surface area contributed by atoms with Gasteiger partial charge in [-0.2, -0.15) is 0 Å². The van der Waals surface area contributed by atoms with E-state index >= 15 is 0 Å². The Balaban J connectivity index is 1.90. The van der Waals surface area contributed by atoms with Crippen molar-refractivity contribution in [1.82, 2.24) is 5.32 Å². The monoisotopic (exact) mass is 381 g/mol. The number of nitrogens with one attached hydrogen (secondary N) is 1. The minimum absolute atomic E-state index is 0.0182. The summed E-state index contributed by atoms with van der Waals surface area (Å²) in [6.07, 6.45) is 2.24. The summed E-state index contributed by atoms with van der Waals surface area (Å²) in [6, 6.07) is 3.79. The van der Waals surface area contributed by atoms with E-state index in [9.17, 15) is 24.5 Å². The number of rotatable bonds is 7. The number of nitrogens with two attached hydrogens (primary N) is 1. The molecule has 1 aliphatic rings. The second-order valence-electron chi connectivity index (χ2n) is 6.05. The van der Waals surface area contributed by atoms with Crippen LogP contribution in [0.25, 0.3) is 0 Å². The molecule has 26 heavy (non-hydrogen) atoms. The van der Waals surface area contributed by atoms with Gasteiger partial charge in [-0.3, -0.25) is 24.5 Å². The molecule has 1 aliphatic carbocycles. The number of benzene rings is 1. The molecular weight excluding hydrogens is 362 g/mol. The van der Waals surface area contributed by atoms with Crippen LogP contribution in [-0.2, 0) is 9.59 Å². The lowest BCUT2D eigenvalue weighted by Crippen LogP contribution is -2.39. The quantitative estimate of drug-likeness (QED) is 0.368. The van der Waals surface area contributed by atoms with Crippen LogP contribution >= 0.6 is 11.8 Å². The average molecular weight is 381 g/mol. The number of hydrogen-bond donors (Lipinski definition) is 3. The maximum atomic E-state index is 12.1. The van der Waals surface area contributed by atoms with Crippen molar-refractivity contribution in [3.05, 3.63) is 33.9 Å². The predicted octanol–water partition coefficient (Wildman–Crippen LogP) is 1.55. The summed E-state index contributed by atoms with van der Waals surface area (Å²) < 4.78 is 0. The van der Waals surface area contributed by atoms with E-state index in [1.54, 1.807) is 0 Å². The Morgan fingerprint density at radius 1 is 1.27 bits per heavy atom. The second-order valence-corrected chi connectivity index (χ2v) is 7.06. The van der Waals surface area contributed by atoms with E-state index < -0.39 is 16.8 Å². The van der Waals surface area contributed by atoms with E-state index in [1.165, 1.54) is 12.1 Å². The van der Waals surface area contributed by atoms with E-state index in [4.69, 9.17) is 10.8 Å². The Labute approximate surface area is 153 Å². The fourth-order valence-electron chi connectivity index (χ4n) is 2.83. The smallest absolute Gasteiger partial charge is 0.306 e. The lowest BCUT2D eigenvalue weighted by Gasteiger charge is -2.26. The summed E-state index contributed by atoms with van der Waals surface area (Å²) in [5, 5.41) is 22.9. The number of nitro groups is 1. The number of carbonyl (C=O) groups excluding carboxylic acids is 2. The van der Waals surface area contributed by atoms with Crippen LogP contribution in [-0.4, -0.2) is 39.6 Å². The van der Waals surface area contributed by atoms with Gasteiger partial charge in [0, 0.05) is 17.7 Å². The number of carboxylic acid groups (broad SMARTS) is 1. The molecule has 1 saturated carbocycles. The van der Waals surface area contributed by atoms with Crippen LogP contribution in [0.3, 0.4) is 0 Å². The second kappa shape index (κ2) is 8.65. The van der Waals surface area contributed by atoms with Crippen LogP contribution in [0.5, 0.6) is 0 Å². The van der Waals surface area contributed by atoms with Crippen molar-refractivity contribution >= 4 is 35.2 Å². The third kappa shape index (κ3) is 5.19. The summed E-state index contributed by atoms with van der Waals surface area (Å²) in [7, 11) is 0. The summed E-state index contributed by atoms with van der Waals surface area (Å²) in [5.41, 5.74) is 4.87. The highest BCUT2D eigenvalue weighted by Crippen LogP contribution is 2.30. The third-order valence-corrected chi connectivity index (χ3v) is 5.30. The summed E-state index contributed by atoms with van der Waals surface area (Å²) in [5.74, 6) is -2.22. The molecule has 1 aromatic rings. The largest absolute Gasteiger partial charge is 0.481 e. The van der Waals surface area contributed by atoms with Gasteiger partial charge in [0.15, 0.2) is 0 Å². The van der Waals surface area contributed by atoms with Crippen LogP contribution in [0, 0.1) is 16.0 Å². The Morgan fingerprint density at radius 3 is 2.46 bits per heavy atom. The average Bonchev–Trinajstić information content (AvgIpc) is 2.60. The lowest BCUT2D eigenvalue weighted by atomic mass is 9.86. The highest BCUT2D eigenvalue weighted by molar-refractivity contribution is 8.00. The Morgan fingerprint density at radius 2 is 1.92 bits per heavy atom. The first kappa shape index (κ1) is 19.7. The van der Waals surface area contributed by atoms with E-state index in [0.717, 1.165) is 17.8 Å². The topological polar surface area (TPSA) is 153 Å². The number of carbonyl (C=O) groups is 3. The molecule has 0 heterocycles. The van der Waals surface area contributed by atoms with Crippen LogP contribution in [0.15, 0.2) is 23.1 Å². The van der Waals surface area contributed by atoms with Gasteiger partial charge in [0.1, 0.15) is 0 Å². The number of aliphatic carboxylic acids is 1. The fraction of sp³-hybridized carbons (Fsp3) is 0.438. The van der Waals surface area contributed by atoms with E-state index in [1.807, 2.05) is 0 Å². The molecule has 4 N–H and O–H groups in total. The van der Waals surface area contributed by atoms with Crippen LogP contribution < -0.4 is 11.1 Å². The molecule has 0 aromatic heterocycles.